The van der Waals surface area contributed by atoms with E-state index in [2.05, 4.69) is 15.4 Å². The third kappa shape index (κ3) is 2.01. The Balaban J connectivity index is 2.36. The Labute approximate surface area is 95.4 Å². The van der Waals surface area contributed by atoms with E-state index in [-0.39, 0.29) is 6.10 Å². The van der Waals surface area contributed by atoms with E-state index in [4.69, 9.17) is 10.6 Å². The van der Waals surface area contributed by atoms with Crippen LogP contribution in [0.1, 0.15) is 36.0 Å². The van der Waals surface area contributed by atoms with Gasteiger partial charge in [0.2, 0.25) is 0 Å². The van der Waals surface area contributed by atoms with Crippen molar-refractivity contribution in [2.75, 3.05) is 12.5 Å². The maximum atomic E-state index is 5.46. The Morgan fingerprint density at radius 3 is 2.56 bits per heavy atom. The predicted octanol–water partition coefficient (Wildman–Crippen LogP) is 1.48. The minimum absolute atomic E-state index is 0.00593. The third-order valence-corrected chi connectivity index (χ3v) is 3.10. The van der Waals surface area contributed by atoms with Crippen molar-refractivity contribution in [3.05, 3.63) is 17.1 Å². The molecule has 1 heterocycles. The highest BCUT2D eigenvalue weighted by molar-refractivity contribution is 5.44. The summed E-state index contributed by atoms with van der Waals surface area (Å²) in [6, 6.07) is 0. The number of nitrogens with one attached hydrogen (secondary N) is 1. The van der Waals surface area contributed by atoms with Crippen LogP contribution in [0.4, 0.5) is 5.82 Å². The molecular formula is C11H18N4O. The van der Waals surface area contributed by atoms with E-state index in [9.17, 15) is 0 Å². The Morgan fingerprint density at radius 2 is 2.06 bits per heavy atom. The normalized spacial score (nSPS) is 17.2. The molecule has 0 radical (unpaired) electrons. The standard InChI is InChI=1S/C11H18N4O/c1-6-7(2)13-11(14-10(6)15-12)9(16-3)8-4-5-8/h8-9H,4-5,12H2,1-3H3,(H,13,14,15). The molecule has 1 atom stereocenters. The molecule has 1 unspecified atom stereocenters. The molecule has 1 aromatic rings. The predicted molar refractivity (Wildman–Crippen MR) is 61.8 cm³/mol. The molecule has 88 valence electrons. The summed E-state index contributed by atoms with van der Waals surface area (Å²) in [6.07, 6.45) is 2.40. The van der Waals surface area contributed by atoms with Crippen molar-refractivity contribution in [1.82, 2.24) is 9.97 Å². The molecule has 0 saturated heterocycles. The number of hydrazine groups is 1. The molecule has 16 heavy (non-hydrogen) atoms. The number of hydrogen-bond donors (Lipinski definition) is 2. The number of ether oxygens (including phenoxy) is 1. The molecule has 1 saturated carbocycles. The zero-order valence-corrected chi connectivity index (χ0v) is 9.95. The van der Waals surface area contributed by atoms with Gasteiger partial charge in [-0.2, -0.15) is 0 Å². The molecule has 1 aliphatic carbocycles. The quantitative estimate of drug-likeness (QED) is 0.596. The van der Waals surface area contributed by atoms with Crippen molar-refractivity contribution in [2.24, 2.45) is 11.8 Å². The van der Waals surface area contributed by atoms with E-state index in [1.165, 1.54) is 12.8 Å². The van der Waals surface area contributed by atoms with Gasteiger partial charge in [-0.25, -0.2) is 15.8 Å². The zero-order chi connectivity index (χ0) is 11.7. The monoisotopic (exact) mass is 222 g/mol. The Hall–Kier alpha value is -1.20. The number of methoxy groups -OCH3 is 1. The first-order valence-electron chi connectivity index (χ1n) is 5.52. The van der Waals surface area contributed by atoms with Gasteiger partial charge in [0.25, 0.3) is 0 Å². The van der Waals surface area contributed by atoms with Gasteiger partial charge in [0.15, 0.2) is 5.82 Å². The molecule has 0 bridgehead atoms. The first kappa shape index (κ1) is 11.3. The van der Waals surface area contributed by atoms with Gasteiger partial charge in [-0.3, -0.25) is 0 Å². The molecule has 1 aromatic heterocycles. The van der Waals surface area contributed by atoms with Crippen LogP contribution in [0.15, 0.2) is 0 Å². The van der Waals surface area contributed by atoms with Crippen molar-refractivity contribution >= 4 is 5.82 Å². The average molecular weight is 222 g/mol. The van der Waals surface area contributed by atoms with Crippen LogP contribution in [0.3, 0.4) is 0 Å². The van der Waals surface area contributed by atoms with E-state index in [1.807, 2.05) is 13.8 Å². The largest absolute Gasteiger partial charge is 0.373 e. The average Bonchev–Trinajstić information content (AvgIpc) is 3.08. The van der Waals surface area contributed by atoms with Crippen molar-refractivity contribution < 1.29 is 4.74 Å². The zero-order valence-electron chi connectivity index (χ0n) is 9.95. The number of aromatic nitrogens is 2. The van der Waals surface area contributed by atoms with Crippen molar-refractivity contribution in [3.63, 3.8) is 0 Å². The van der Waals surface area contributed by atoms with Gasteiger partial charge in [-0.15, -0.1) is 0 Å². The van der Waals surface area contributed by atoms with Crippen LogP contribution in [0.5, 0.6) is 0 Å². The second-order valence-corrected chi connectivity index (χ2v) is 4.28. The Kier molecular flexibility index (Phi) is 3.07. The van der Waals surface area contributed by atoms with E-state index < -0.39 is 0 Å². The molecule has 1 fully saturated rings. The fraction of sp³-hybridized carbons (Fsp3) is 0.636. The lowest BCUT2D eigenvalue weighted by molar-refractivity contribution is 0.0771. The molecule has 2 rings (SSSR count). The SMILES string of the molecule is COC(c1nc(C)c(C)c(NN)n1)C1CC1. The highest BCUT2D eigenvalue weighted by Gasteiger charge is 2.34. The minimum atomic E-state index is 0.00593. The second kappa shape index (κ2) is 4.35. The first-order chi connectivity index (χ1) is 7.67. The fourth-order valence-electron chi connectivity index (χ4n) is 1.83. The van der Waals surface area contributed by atoms with Crippen molar-refractivity contribution in [2.45, 2.75) is 32.8 Å². The number of nitrogen functional groups attached to an aromatic ring is 1. The lowest BCUT2D eigenvalue weighted by Crippen LogP contribution is -2.16. The molecule has 1 aliphatic rings. The number of aryl methyl sites for hydroxylation is 1. The molecule has 0 aromatic carbocycles. The number of nitrogens with two attached hydrogens (primary N) is 1. The fourth-order valence-corrected chi connectivity index (χ4v) is 1.83. The van der Waals surface area contributed by atoms with Crippen LogP contribution >= 0.6 is 0 Å². The third-order valence-electron chi connectivity index (χ3n) is 3.10. The molecule has 0 spiro atoms. The lowest BCUT2D eigenvalue weighted by Gasteiger charge is -2.16. The molecule has 5 nitrogen and oxygen atoms in total. The minimum Gasteiger partial charge on any atom is -0.373 e. The summed E-state index contributed by atoms with van der Waals surface area (Å²) in [7, 11) is 1.71. The molecule has 3 N–H and O–H groups in total. The Bertz CT molecular complexity index is 390. The van der Waals surface area contributed by atoms with Crippen LogP contribution in [-0.2, 0) is 4.74 Å². The van der Waals surface area contributed by atoms with Gasteiger partial charge in [0.05, 0.1) is 0 Å². The van der Waals surface area contributed by atoms with Crippen LogP contribution in [0.2, 0.25) is 0 Å². The van der Waals surface area contributed by atoms with Crippen LogP contribution < -0.4 is 11.3 Å². The molecule has 0 amide bonds. The van der Waals surface area contributed by atoms with Gasteiger partial charge in [0.1, 0.15) is 11.9 Å². The molecule has 0 aliphatic heterocycles. The lowest BCUT2D eigenvalue weighted by atomic mass is 10.2. The number of rotatable bonds is 4. The van der Waals surface area contributed by atoms with Gasteiger partial charge in [0, 0.05) is 18.4 Å². The molecule has 5 heteroatoms. The summed E-state index contributed by atoms with van der Waals surface area (Å²) in [6.45, 7) is 3.91. The van der Waals surface area contributed by atoms with E-state index in [0.29, 0.717) is 11.7 Å². The summed E-state index contributed by atoms with van der Waals surface area (Å²) < 4.78 is 5.46. The van der Waals surface area contributed by atoms with Crippen LogP contribution in [0.25, 0.3) is 0 Å². The maximum absolute atomic E-state index is 5.46. The van der Waals surface area contributed by atoms with Gasteiger partial charge >= 0.3 is 0 Å². The number of hydrogen-bond acceptors (Lipinski definition) is 5. The van der Waals surface area contributed by atoms with E-state index in [0.717, 1.165) is 17.1 Å². The molecular weight excluding hydrogens is 204 g/mol. The second-order valence-electron chi connectivity index (χ2n) is 4.28. The number of anilines is 1. The maximum Gasteiger partial charge on any atom is 0.160 e. The van der Waals surface area contributed by atoms with Crippen LogP contribution in [-0.4, -0.2) is 17.1 Å². The topological polar surface area (TPSA) is 73.1 Å². The summed E-state index contributed by atoms with van der Waals surface area (Å²) in [5.74, 6) is 7.43. The summed E-state index contributed by atoms with van der Waals surface area (Å²) >= 11 is 0. The van der Waals surface area contributed by atoms with E-state index in [1.54, 1.807) is 7.11 Å². The van der Waals surface area contributed by atoms with Gasteiger partial charge < -0.3 is 10.2 Å². The smallest absolute Gasteiger partial charge is 0.160 e. The number of nitrogens with zero attached hydrogens (tertiary/aromatic N) is 2. The Morgan fingerprint density at radius 1 is 1.38 bits per heavy atom. The summed E-state index contributed by atoms with van der Waals surface area (Å²) in [5, 5.41) is 0. The van der Waals surface area contributed by atoms with Crippen molar-refractivity contribution in [3.8, 4) is 0 Å². The summed E-state index contributed by atoms with van der Waals surface area (Å²) in [4.78, 5) is 8.89. The summed E-state index contributed by atoms with van der Waals surface area (Å²) in [5.41, 5.74) is 4.54. The van der Waals surface area contributed by atoms with Crippen LogP contribution in [0, 0.1) is 19.8 Å². The highest BCUT2D eigenvalue weighted by atomic mass is 16.5. The van der Waals surface area contributed by atoms with Crippen molar-refractivity contribution in [1.29, 1.82) is 0 Å². The van der Waals surface area contributed by atoms with Gasteiger partial charge in [-0.05, 0) is 32.6 Å². The van der Waals surface area contributed by atoms with Gasteiger partial charge in [-0.1, -0.05) is 0 Å². The van der Waals surface area contributed by atoms with E-state index >= 15 is 0 Å². The first-order valence-corrected chi connectivity index (χ1v) is 5.52. The highest BCUT2D eigenvalue weighted by Crippen LogP contribution is 2.42.